The highest BCUT2D eigenvalue weighted by molar-refractivity contribution is 7.18. The van der Waals surface area contributed by atoms with Crippen molar-refractivity contribution < 1.29 is 14.0 Å². The summed E-state index contributed by atoms with van der Waals surface area (Å²) >= 11 is 1.52. The molecule has 0 saturated heterocycles. The molecule has 0 aliphatic rings. The number of carbonyl (C=O) groups is 2. The number of ketones is 1. The highest BCUT2D eigenvalue weighted by Gasteiger charge is 2.36. The third kappa shape index (κ3) is 5.57. The molecular formula is C30H31N7O4S. The molecule has 2 aromatic carbocycles. The van der Waals surface area contributed by atoms with Gasteiger partial charge in [-0.25, -0.2) is 9.97 Å². The van der Waals surface area contributed by atoms with Gasteiger partial charge in [0, 0.05) is 7.05 Å². The van der Waals surface area contributed by atoms with Crippen molar-refractivity contribution in [1.82, 2.24) is 30.0 Å². The average molecular weight is 586 g/mol. The molecule has 1 atom stereocenters. The summed E-state index contributed by atoms with van der Waals surface area (Å²) < 4.78 is 8.25. The van der Waals surface area contributed by atoms with Gasteiger partial charge in [-0.15, -0.1) is 21.5 Å². The first-order valence-electron chi connectivity index (χ1n) is 13.5. The van der Waals surface area contributed by atoms with Crippen LogP contribution in [0.5, 0.6) is 0 Å². The van der Waals surface area contributed by atoms with Crippen LogP contribution in [0.15, 0.2) is 70.0 Å². The van der Waals surface area contributed by atoms with Gasteiger partial charge in [0.2, 0.25) is 17.6 Å². The summed E-state index contributed by atoms with van der Waals surface area (Å²) in [6.07, 6.45) is 1.54. The number of aromatic nitrogens is 5. The zero-order valence-electron chi connectivity index (χ0n) is 23.9. The first-order valence-corrected chi connectivity index (χ1v) is 14.3. The Balaban J connectivity index is 1.38. The van der Waals surface area contributed by atoms with Crippen LogP contribution in [-0.2, 0) is 16.8 Å². The highest BCUT2D eigenvalue weighted by atomic mass is 32.1. The van der Waals surface area contributed by atoms with Gasteiger partial charge < -0.3 is 15.1 Å². The van der Waals surface area contributed by atoms with E-state index in [9.17, 15) is 14.4 Å². The summed E-state index contributed by atoms with van der Waals surface area (Å²) in [5.41, 5.74) is 0.867. The summed E-state index contributed by atoms with van der Waals surface area (Å²) in [5.74, 6) is -1.20. The fourth-order valence-corrected chi connectivity index (χ4v) is 5.55. The van der Waals surface area contributed by atoms with E-state index >= 15 is 0 Å². The van der Waals surface area contributed by atoms with Gasteiger partial charge in [-0.2, -0.15) is 0 Å². The molecule has 3 aromatic heterocycles. The zero-order chi connectivity index (χ0) is 30.0. The number of carbonyl (C=O) groups excluding carboxylic acids is 2. The summed E-state index contributed by atoms with van der Waals surface area (Å²) in [6, 6.07) is 16.0. The van der Waals surface area contributed by atoms with Crippen molar-refractivity contribution in [3.63, 3.8) is 0 Å². The topological polar surface area (TPSA) is 145 Å². The number of rotatable bonds is 10. The lowest BCUT2D eigenvalue weighted by molar-refractivity contribution is -0.122. The maximum absolute atomic E-state index is 13.5. The van der Waals surface area contributed by atoms with Crippen LogP contribution in [0, 0.1) is 5.92 Å². The quantitative estimate of drug-likeness (QED) is 0.229. The summed E-state index contributed by atoms with van der Waals surface area (Å²) in [5, 5.41) is 14.5. The second-order valence-corrected chi connectivity index (χ2v) is 11.7. The monoisotopic (exact) mass is 585 g/mol. The van der Waals surface area contributed by atoms with Crippen LogP contribution in [0.25, 0.3) is 21.5 Å². The number of hydrogen-bond acceptors (Lipinski definition) is 10. The van der Waals surface area contributed by atoms with Gasteiger partial charge in [0.25, 0.3) is 11.4 Å². The number of nitrogens with zero attached hydrogens (tertiary/aromatic N) is 5. The average Bonchev–Trinajstić information content (AvgIpc) is 3.66. The predicted octanol–water partition coefficient (Wildman–Crippen LogP) is 4.29. The maximum atomic E-state index is 13.5. The molecule has 0 radical (unpaired) electrons. The van der Waals surface area contributed by atoms with Crippen LogP contribution in [0.3, 0.4) is 0 Å². The van der Waals surface area contributed by atoms with E-state index in [1.54, 1.807) is 20.9 Å². The van der Waals surface area contributed by atoms with Crippen molar-refractivity contribution in [2.75, 3.05) is 12.4 Å². The predicted molar refractivity (Wildman–Crippen MR) is 161 cm³/mol. The Morgan fingerprint density at radius 2 is 1.76 bits per heavy atom. The molecule has 0 bridgehead atoms. The Kier molecular flexibility index (Phi) is 7.99. The van der Waals surface area contributed by atoms with E-state index in [4.69, 9.17) is 9.40 Å². The van der Waals surface area contributed by atoms with Gasteiger partial charge in [0.15, 0.2) is 5.82 Å². The lowest BCUT2D eigenvalue weighted by atomic mass is 9.94. The van der Waals surface area contributed by atoms with E-state index in [2.05, 4.69) is 25.8 Å². The highest BCUT2D eigenvalue weighted by Crippen LogP contribution is 2.36. The molecule has 2 N–H and O–H groups in total. The molecule has 0 fully saturated rings. The SMILES string of the molecule is CNc1ncc(-c2ccccc2)n(CC(=O)NC(C(=O)c2nnc(C(C)(C)c3nc4ccccc4s3)o2)C(C)C)c1=O. The van der Waals surface area contributed by atoms with Gasteiger partial charge >= 0.3 is 0 Å². The zero-order valence-corrected chi connectivity index (χ0v) is 24.7. The Morgan fingerprint density at radius 1 is 1.05 bits per heavy atom. The fourth-order valence-electron chi connectivity index (χ4n) is 4.49. The minimum Gasteiger partial charge on any atom is -0.417 e. The lowest BCUT2D eigenvalue weighted by Crippen LogP contribution is -2.46. The number of benzene rings is 2. The molecular weight excluding hydrogens is 554 g/mol. The number of Topliss-reactive ketones (excluding diaryl/α,β-unsaturated/α-hetero) is 1. The molecule has 1 amide bonds. The second kappa shape index (κ2) is 11.6. The van der Waals surface area contributed by atoms with Crippen LogP contribution >= 0.6 is 11.3 Å². The first-order chi connectivity index (χ1) is 20.1. The van der Waals surface area contributed by atoms with E-state index in [0.717, 1.165) is 20.8 Å². The summed E-state index contributed by atoms with van der Waals surface area (Å²) in [6.45, 7) is 7.10. The van der Waals surface area contributed by atoms with Gasteiger partial charge in [-0.3, -0.25) is 19.0 Å². The van der Waals surface area contributed by atoms with Gasteiger partial charge in [-0.05, 0) is 37.5 Å². The normalized spacial score (nSPS) is 12.4. The Morgan fingerprint density at radius 3 is 2.45 bits per heavy atom. The van der Waals surface area contributed by atoms with Crippen LogP contribution < -0.4 is 16.2 Å². The molecule has 0 aliphatic heterocycles. The smallest absolute Gasteiger partial charge is 0.294 e. The van der Waals surface area contributed by atoms with Crippen LogP contribution in [-0.4, -0.2) is 49.5 Å². The molecule has 0 spiro atoms. The number of para-hydroxylation sites is 1. The third-order valence-electron chi connectivity index (χ3n) is 6.93. The molecule has 0 saturated carbocycles. The van der Waals surface area contributed by atoms with Crippen molar-refractivity contribution in [2.24, 2.45) is 5.92 Å². The molecule has 5 rings (SSSR count). The van der Waals surface area contributed by atoms with Crippen LogP contribution in [0.2, 0.25) is 0 Å². The van der Waals surface area contributed by atoms with Crippen molar-refractivity contribution in [1.29, 1.82) is 0 Å². The number of fused-ring (bicyclic) bond motifs is 1. The third-order valence-corrected chi connectivity index (χ3v) is 8.29. The van der Waals surface area contributed by atoms with Crippen LogP contribution in [0.4, 0.5) is 5.82 Å². The maximum Gasteiger partial charge on any atom is 0.294 e. The van der Waals surface area contributed by atoms with E-state index in [1.807, 2.05) is 68.4 Å². The van der Waals surface area contributed by atoms with Crippen molar-refractivity contribution in [3.8, 4) is 11.3 Å². The second-order valence-electron chi connectivity index (χ2n) is 10.7. The van der Waals surface area contributed by atoms with E-state index in [0.29, 0.717) is 5.69 Å². The Labute approximate surface area is 246 Å². The minimum absolute atomic E-state index is 0.105. The molecule has 42 heavy (non-hydrogen) atoms. The molecule has 3 heterocycles. The van der Waals surface area contributed by atoms with Crippen molar-refractivity contribution in [3.05, 3.63) is 87.9 Å². The lowest BCUT2D eigenvalue weighted by Gasteiger charge is -2.21. The van der Waals surface area contributed by atoms with E-state index in [-0.39, 0.29) is 30.1 Å². The van der Waals surface area contributed by atoms with Crippen LogP contribution in [0.1, 0.15) is 49.3 Å². The van der Waals surface area contributed by atoms with Crippen molar-refractivity contribution >= 4 is 39.1 Å². The number of hydrogen-bond donors (Lipinski definition) is 2. The number of anilines is 1. The van der Waals surface area contributed by atoms with Gasteiger partial charge in [0.05, 0.1) is 33.6 Å². The molecule has 1 unspecified atom stereocenters. The molecule has 12 heteroatoms. The minimum atomic E-state index is -0.960. The van der Waals surface area contributed by atoms with Crippen molar-refractivity contribution in [2.45, 2.75) is 45.7 Å². The molecule has 5 aromatic rings. The Hall–Kier alpha value is -4.71. The molecule has 0 aliphatic carbocycles. The molecule has 216 valence electrons. The number of amides is 1. The van der Waals surface area contributed by atoms with Gasteiger partial charge in [0.1, 0.15) is 11.6 Å². The van der Waals surface area contributed by atoms with E-state index in [1.165, 1.54) is 22.1 Å². The number of thiazole rings is 1. The Bertz CT molecular complexity index is 1770. The first kappa shape index (κ1) is 28.8. The molecule has 11 nitrogen and oxygen atoms in total. The largest absolute Gasteiger partial charge is 0.417 e. The fraction of sp³-hybridized carbons (Fsp3) is 0.300. The van der Waals surface area contributed by atoms with Gasteiger partial charge in [-0.1, -0.05) is 56.3 Å². The number of nitrogens with one attached hydrogen (secondary N) is 2. The summed E-state index contributed by atoms with van der Waals surface area (Å²) in [7, 11) is 1.58. The van der Waals surface area contributed by atoms with E-state index < -0.39 is 28.7 Å². The summed E-state index contributed by atoms with van der Waals surface area (Å²) in [4.78, 5) is 48.9. The standard InChI is InChI=1S/C30H31N7O4S/c1-17(2)23(34-22(38)16-37-20(18-11-7-6-8-12-18)15-32-25(31-5)27(37)40)24(39)26-35-36-28(41-26)30(3,4)29-33-19-13-9-10-14-21(19)42-29/h6-15,17,23H,16H2,1-5H3,(H,31,32)(H,34,38).